The zero-order valence-corrected chi connectivity index (χ0v) is 11.1. The minimum atomic E-state index is -0.585. The van der Waals surface area contributed by atoms with Gasteiger partial charge in [-0.25, -0.2) is 9.18 Å². The van der Waals surface area contributed by atoms with Crippen LogP contribution in [0.1, 0.15) is 17.3 Å². The summed E-state index contributed by atoms with van der Waals surface area (Å²) in [4.78, 5) is 11.7. The monoisotopic (exact) mass is 305 g/mol. The van der Waals surface area contributed by atoms with Crippen molar-refractivity contribution in [2.24, 2.45) is 0 Å². The molecule has 94 valence electrons. The summed E-state index contributed by atoms with van der Waals surface area (Å²) in [5, 5.41) is 0. The van der Waals surface area contributed by atoms with Gasteiger partial charge in [-0.15, -0.1) is 0 Å². The lowest BCUT2D eigenvalue weighted by molar-refractivity contribution is 0.0168. The molecule has 0 spiro atoms. The number of benzene rings is 1. The van der Waals surface area contributed by atoms with Gasteiger partial charge in [0.15, 0.2) is 0 Å². The standard InChI is InChI=1S/C11H13BrFNO3/c1-6(16-2)5-17-11(15)7-3-10(14)9(13)4-8(7)12/h3-4,6H,5,14H2,1-2H3. The maximum absolute atomic E-state index is 13.1. The molecule has 0 saturated carbocycles. The van der Waals surface area contributed by atoms with Gasteiger partial charge in [0.1, 0.15) is 12.4 Å². The Hall–Kier alpha value is -1.14. The molecule has 4 nitrogen and oxygen atoms in total. The molecule has 0 amide bonds. The minimum absolute atomic E-state index is 0.0973. The molecule has 0 aliphatic rings. The van der Waals surface area contributed by atoms with Gasteiger partial charge >= 0.3 is 5.97 Å². The van der Waals surface area contributed by atoms with Crippen LogP contribution in [0.4, 0.5) is 10.1 Å². The molecule has 0 heterocycles. The van der Waals surface area contributed by atoms with Gasteiger partial charge < -0.3 is 15.2 Å². The molecule has 1 aromatic rings. The summed E-state index contributed by atoms with van der Waals surface area (Å²) in [6.07, 6.45) is -0.199. The smallest absolute Gasteiger partial charge is 0.339 e. The zero-order chi connectivity index (χ0) is 13.0. The Balaban J connectivity index is 2.79. The molecule has 1 rings (SSSR count). The highest BCUT2D eigenvalue weighted by Gasteiger charge is 2.15. The highest BCUT2D eigenvalue weighted by Crippen LogP contribution is 2.23. The number of methoxy groups -OCH3 is 1. The molecule has 0 saturated heterocycles. The topological polar surface area (TPSA) is 61.5 Å². The van der Waals surface area contributed by atoms with Gasteiger partial charge in [0.05, 0.1) is 17.4 Å². The molecule has 0 fully saturated rings. The number of nitrogens with two attached hydrogens (primary N) is 1. The Labute approximate surface area is 107 Å². The lowest BCUT2D eigenvalue weighted by Crippen LogP contribution is -2.18. The molecule has 1 atom stereocenters. The third-order valence-electron chi connectivity index (χ3n) is 2.16. The SMILES string of the molecule is COC(C)COC(=O)c1cc(N)c(F)cc1Br. The predicted molar refractivity (Wildman–Crippen MR) is 65.3 cm³/mol. The van der Waals surface area contributed by atoms with Crippen LogP contribution in [0.2, 0.25) is 0 Å². The van der Waals surface area contributed by atoms with Gasteiger partial charge in [0.2, 0.25) is 0 Å². The van der Waals surface area contributed by atoms with Gasteiger partial charge in [0, 0.05) is 11.6 Å². The zero-order valence-electron chi connectivity index (χ0n) is 9.50. The number of carbonyl (C=O) groups is 1. The van der Waals surface area contributed by atoms with E-state index in [-0.39, 0.29) is 24.0 Å². The Kier molecular flexibility index (Phi) is 4.89. The first-order valence-electron chi connectivity index (χ1n) is 4.90. The van der Waals surface area contributed by atoms with E-state index in [0.29, 0.717) is 4.47 Å². The molecule has 1 aromatic carbocycles. The van der Waals surface area contributed by atoms with E-state index in [9.17, 15) is 9.18 Å². The minimum Gasteiger partial charge on any atom is -0.459 e. The largest absolute Gasteiger partial charge is 0.459 e. The van der Waals surface area contributed by atoms with Crippen molar-refractivity contribution in [3.8, 4) is 0 Å². The van der Waals surface area contributed by atoms with E-state index in [1.165, 1.54) is 13.2 Å². The third-order valence-corrected chi connectivity index (χ3v) is 2.81. The summed E-state index contributed by atoms with van der Waals surface area (Å²) < 4.78 is 23.3. The Morgan fingerprint density at radius 3 is 2.82 bits per heavy atom. The third kappa shape index (κ3) is 3.67. The van der Waals surface area contributed by atoms with Crippen LogP contribution >= 0.6 is 15.9 Å². The molecule has 1 unspecified atom stereocenters. The number of hydrogen-bond donors (Lipinski definition) is 1. The van der Waals surface area contributed by atoms with Crippen molar-refractivity contribution in [1.29, 1.82) is 0 Å². The van der Waals surface area contributed by atoms with Gasteiger partial charge in [-0.2, -0.15) is 0 Å². The molecule has 0 aliphatic carbocycles. The normalized spacial score (nSPS) is 12.2. The van der Waals surface area contributed by atoms with E-state index in [1.807, 2.05) is 0 Å². The maximum Gasteiger partial charge on any atom is 0.339 e. The van der Waals surface area contributed by atoms with Crippen LogP contribution in [0.5, 0.6) is 0 Å². The summed E-state index contributed by atoms with van der Waals surface area (Å²) >= 11 is 3.08. The van der Waals surface area contributed by atoms with Crippen molar-refractivity contribution >= 4 is 27.6 Å². The first-order chi connectivity index (χ1) is 7.95. The predicted octanol–water partition coefficient (Wildman–Crippen LogP) is 2.36. The number of ether oxygens (including phenoxy) is 2. The average molecular weight is 306 g/mol. The molecule has 17 heavy (non-hydrogen) atoms. The van der Waals surface area contributed by atoms with Gasteiger partial charge in [-0.1, -0.05) is 0 Å². The van der Waals surface area contributed by atoms with Gasteiger partial charge in [-0.3, -0.25) is 0 Å². The quantitative estimate of drug-likeness (QED) is 0.685. The second-order valence-corrected chi connectivity index (χ2v) is 4.35. The van der Waals surface area contributed by atoms with E-state index in [1.54, 1.807) is 6.92 Å². The molecule has 0 aromatic heterocycles. The van der Waals surface area contributed by atoms with Crippen LogP contribution in [0, 0.1) is 5.82 Å². The Morgan fingerprint density at radius 1 is 1.59 bits per heavy atom. The molecule has 0 aliphatic heterocycles. The second-order valence-electron chi connectivity index (χ2n) is 3.50. The molecule has 0 bridgehead atoms. The van der Waals surface area contributed by atoms with E-state index in [0.717, 1.165) is 6.07 Å². The molecular formula is C11H13BrFNO3. The van der Waals surface area contributed by atoms with Crippen molar-refractivity contribution in [3.63, 3.8) is 0 Å². The van der Waals surface area contributed by atoms with Crippen LogP contribution < -0.4 is 5.73 Å². The average Bonchev–Trinajstić information content (AvgIpc) is 2.30. The van der Waals surface area contributed by atoms with Crippen LogP contribution in [0.3, 0.4) is 0 Å². The molecule has 6 heteroatoms. The summed E-state index contributed by atoms with van der Waals surface area (Å²) in [6.45, 7) is 1.89. The number of anilines is 1. The summed E-state index contributed by atoms with van der Waals surface area (Å²) in [6, 6.07) is 2.37. The summed E-state index contributed by atoms with van der Waals surface area (Å²) in [7, 11) is 1.52. The van der Waals surface area contributed by atoms with Crippen molar-refractivity contribution < 1.29 is 18.7 Å². The summed E-state index contributed by atoms with van der Waals surface area (Å²) in [5.41, 5.74) is 5.47. The number of nitrogen functional groups attached to an aromatic ring is 1. The Morgan fingerprint density at radius 2 is 2.24 bits per heavy atom. The summed E-state index contributed by atoms with van der Waals surface area (Å²) in [5.74, 6) is -1.16. The van der Waals surface area contributed by atoms with Crippen molar-refractivity contribution in [2.45, 2.75) is 13.0 Å². The van der Waals surface area contributed by atoms with Crippen LogP contribution in [0.15, 0.2) is 16.6 Å². The molecule has 2 N–H and O–H groups in total. The second kappa shape index (κ2) is 5.97. The number of halogens is 2. The van der Waals surface area contributed by atoms with E-state index in [4.69, 9.17) is 15.2 Å². The van der Waals surface area contributed by atoms with E-state index in [2.05, 4.69) is 15.9 Å². The van der Waals surface area contributed by atoms with Crippen LogP contribution in [-0.4, -0.2) is 25.8 Å². The van der Waals surface area contributed by atoms with Crippen molar-refractivity contribution in [3.05, 3.63) is 28.0 Å². The van der Waals surface area contributed by atoms with E-state index < -0.39 is 11.8 Å². The fourth-order valence-electron chi connectivity index (χ4n) is 1.06. The van der Waals surface area contributed by atoms with Crippen molar-refractivity contribution in [1.82, 2.24) is 0 Å². The van der Waals surface area contributed by atoms with Crippen LogP contribution in [0.25, 0.3) is 0 Å². The Bertz CT molecular complexity index is 425. The number of carbonyl (C=O) groups excluding carboxylic acids is 1. The van der Waals surface area contributed by atoms with Crippen LogP contribution in [-0.2, 0) is 9.47 Å². The highest BCUT2D eigenvalue weighted by molar-refractivity contribution is 9.10. The molecule has 0 radical (unpaired) electrons. The lowest BCUT2D eigenvalue weighted by atomic mass is 10.2. The maximum atomic E-state index is 13.1. The van der Waals surface area contributed by atoms with Crippen molar-refractivity contribution in [2.75, 3.05) is 19.5 Å². The fraction of sp³-hybridized carbons (Fsp3) is 0.364. The number of hydrogen-bond acceptors (Lipinski definition) is 4. The number of rotatable bonds is 4. The molecular weight excluding hydrogens is 293 g/mol. The number of esters is 1. The van der Waals surface area contributed by atoms with Gasteiger partial charge in [0.25, 0.3) is 0 Å². The van der Waals surface area contributed by atoms with Gasteiger partial charge in [-0.05, 0) is 35.0 Å². The first-order valence-corrected chi connectivity index (χ1v) is 5.69. The first kappa shape index (κ1) is 13.9. The lowest BCUT2D eigenvalue weighted by Gasteiger charge is -2.11. The van der Waals surface area contributed by atoms with E-state index >= 15 is 0 Å². The fourth-order valence-corrected chi connectivity index (χ4v) is 1.54. The highest BCUT2D eigenvalue weighted by atomic mass is 79.9.